The van der Waals surface area contributed by atoms with Crippen LogP contribution >= 0.6 is 0 Å². The summed E-state index contributed by atoms with van der Waals surface area (Å²) in [5.41, 5.74) is 6.38. The third kappa shape index (κ3) is 2.67. The Kier molecular flexibility index (Phi) is 3.07. The largest absolute Gasteiger partial charge is 0.405 e. The molecule has 96 valence electrons. The maximum atomic E-state index is 12.5. The van der Waals surface area contributed by atoms with Crippen molar-refractivity contribution in [3.63, 3.8) is 0 Å². The highest BCUT2D eigenvalue weighted by Crippen LogP contribution is 2.37. The Morgan fingerprint density at radius 2 is 2.06 bits per heavy atom. The van der Waals surface area contributed by atoms with Crippen molar-refractivity contribution < 1.29 is 13.2 Å². The number of hydrogen-bond donors (Lipinski definition) is 1. The standard InChI is InChI=1S/C12H12F3N3/c13-12(14,15)7-18(9-4-5-9)10-3-1-2-8(6-16)11(10)17/h1-3,9H,4-5,7,17H2. The lowest BCUT2D eigenvalue weighted by Crippen LogP contribution is -2.36. The van der Waals surface area contributed by atoms with Crippen molar-refractivity contribution in [2.45, 2.75) is 25.1 Å². The van der Waals surface area contributed by atoms with Crippen LogP contribution in [0, 0.1) is 11.3 Å². The molecular weight excluding hydrogens is 243 g/mol. The lowest BCUT2D eigenvalue weighted by Gasteiger charge is -2.27. The fraction of sp³-hybridized carbons (Fsp3) is 0.417. The molecule has 0 heterocycles. The van der Waals surface area contributed by atoms with Crippen molar-refractivity contribution in [3.8, 4) is 6.07 Å². The Morgan fingerprint density at radius 3 is 2.56 bits per heavy atom. The highest BCUT2D eigenvalue weighted by Gasteiger charge is 2.38. The maximum Gasteiger partial charge on any atom is 0.405 e. The second kappa shape index (κ2) is 4.41. The Bertz CT molecular complexity index is 486. The quantitative estimate of drug-likeness (QED) is 0.845. The summed E-state index contributed by atoms with van der Waals surface area (Å²) in [7, 11) is 0. The first kappa shape index (κ1) is 12.6. The van der Waals surface area contributed by atoms with Crippen LogP contribution in [-0.4, -0.2) is 18.8 Å². The van der Waals surface area contributed by atoms with Crippen LogP contribution in [0.1, 0.15) is 18.4 Å². The first-order chi connectivity index (χ1) is 8.42. The topological polar surface area (TPSA) is 53.0 Å². The molecule has 2 N–H and O–H groups in total. The van der Waals surface area contributed by atoms with Gasteiger partial charge >= 0.3 is 6.18 Å². The van der Waals surface area contributed by atoms with Crippen LogP contribution < -0.4 is 10.6 Å². The first-order valence-electron chi connectivity index (χ1n) is 5.54. The maximum absolute atomic E-state index is 12.5. The molecule has 1 aromatic rings. The Hall–Kier alpha value is -1.90. The van der Waals surface area contributed by atoms with Crippen molar-refractivity contribution >= 4 is 11.4 Å². The van der Waals surface area contributed by atoms with Crippen LogP contribution in [-0.2, 0) is 0 Å². The zero-order valence-corrected chi connectivity index (χ0v) is 9.54. The van der Waals surface area contributed by atoms with Crippen molar-refractivity contribution in [2.24, 2.45) is 0 Å². The van der Waals surface area contributed by atoms with Crippen LogP contribution in [0.4, 0.5) is 24.5 Å². The average Bonchev–Trinajstić information content (AvgIpc) is 3.09. The molecule has 18 heavy (non-hydrogen) atoms. The molecule has 0 aliphatic heterocycles. The van der Waals surface area contributed by atoms with Gasteiger partial charge < -0.3 is 10.6 Å². The number of hydrogen-bond acceptors (Lipinski definition) is 3. The predicted octanol–water partition coefficient (Wildman–Crippen LogP) is 2.67. The lowest BCUT2D eigenvalue weighted by molar-refractivity contribution is -0.119. The van der Waals surface area contributed by atoms with Crippen molar-refractivity contribution in [2.75, 3.05) is 17.2 Å². The molecule has 0 radical (unpaired) electrons. The lowest BCUT2D eigenvalue weighted by atomic mass is 10.1. The monoisotopic (exact) mass is 255 g/mol. The van der Waals surface area contributed by atoms with E-state index in [0.29, 0.717) is 5.69 Å². The molecule has 1 fully saturated rings. The van der Waals surface area contributed by atoms with Crippen molar-refractivity contribution in [1.29, 1.82) is 5.26 Å². The van der Waals surface area contributed by atoms with Crippen molar-refractivity contribution in [1.82, 2.24) is 0 Å². The second-order valence-corrected chi connectivity index (χ2v) is 4.32. The fourth-order valence-electron chi connectivity index (χ4n) is 1.89. The summed E-state index contributed by atoms with van der Waals surface area (Å²) in [6, 6.07) is 6.33. The number of benzene rings is 1. The SMILES string of the molecule is N#Cc1cccc(N(CC(F)(F)F)C2CC2)c1N. The number of nitrogens with zero attached hydrogens (tertiary/aromatic N) is 2. The van der Waals surface area contributed by atoms with Gasteiger partial charge in [-0.1, -0.05) is 6.07 Å². The van der Waals surface area contributed by atoms with Gasteiger partial charge in [0, 0.05) is 6.04 Å². The number of rotatable bonds is 3. The van der Waals surface area contributed by atoms with E-state index in [-0.39, 0.29) is 17.3 Å². The van der Waals surface area contributed by atoms with Gasteiger partial charge in [0.1, 0.15) is 12.6 Å². The van der Waals surface area contributed by atoms with Crippen LogP contribution in [0.5, 0.6) is 0 Å². The van der Waals surface area contributed by atoms with Gasteiger partial charge in [-0.2, -0.15) is 18.4 Å². The van der Waals surface area contributed by atoms with E-state index in [4.69, 9.17) is 11.0 Å². The first-order valence-corrected chi connectivity index (χ1v) is 5.54. The third-order valence-corrected chi connectivity index (χ3v) is 2.85. The number of para-hydroxylation sites is 1. The highest BCUT2D eigenvalue weighted by molar-refractivity contribution is 5.74. The number of alkyl halides is 3. The van der Waals surface area contributed by atoms with E-state index in [2.05, 4.69) is 0 Å². The molecule has 0 saturated heterocycles. The minimum Gasteiger partial charge on any atom is -0.396 e. The fourth-order valence-corrected chi connectivity index (χ4v) is 1.89. The van der Waals surface area contributed by atoms with Gasteiger partial charge in [-0.3, -0.25) is 0 Å². The summed E-state index contributed by atoms with van der Waals surface area (Å²) >= 11 is 0. The molecule has 0 bridgehead atoms. The van der Waals surface area contributed by atoms with Gasteiger partial charge in [0.15, 0.2) is 0 Å². The molecule has 0 unspecified atom stereocenters. The van der Waals surface area contributed by atoms with Crippen LogP contribution in [0.2, 0.25) is 0 Å². The van der Waals surface area contributed by atoms with Gasteiger partial charge in [0.2, 0.25) is 0 Å². The van der Waals surface area contributed by atoms with E-state index in [1.165, 1.54) is 17.0 Å². The normalized spacial score (nSPS) is 15.2. The molecular formula is C12H12F3N3. The predicted molar refractivity (Wildman–Crippen MR) is 62.0 cm³/mol. The van der Waals surface area contributed by atoms with Crippen molar-refractivity contribution in [3.05, 3.63) is 23.8 Å². The number of anilines is 2. The minimum absolute atomic E-state index is 0.121. The van der Waals surface area contributed by atoms with E-state index in [0.717, 1.165) is 12.8 Å². The third-order valence-electron chi connectivity index (χ3n) is 2.85. The van der Waals surface area contributed by atoms with Gasteiger partial charge in [-0.25, -0.2) is 0 Å². The molecule has 6 heteroatoms. The van der Waals surface area contributed by atoms with Crippen LogP contribution in [0.15, 0.2) is 18.2 Å². The van der Waals surface area contributed by atoms with E-state index >= 15 is 0 Å². The molecule has 1 aliphatic rings. The van der Waals surface area contributed by atoms with Crippen LogP contribution in [0.3, 0.4) is 0 Å². The zero-order valence-electron chi connectivity index (χ0n) is 9.54. The summed E-state index contributed by atoms with van der Waals surface area (Å²) in [4.78, 5) is 1.25. The zero-order chi connectivity index (χ0) is 13.3. The smallest absolute Gasteiger partial charge is 0.396 e. The molecule has 2 rings (SSSR count). The molecule has 3 nitrogen and oxygen atoms in total. The highest BCUT2D eigenvalue weighted by atomic mass is 19.4. The van der Waals surface area contributed by atoms with Gasteiger partial charge in [-0.05, 0) is 25.0 Å². The summed E-state index contributed by atoms with van der Waals surface area (Å²) in [5, 5.41) is 8.84. The molecule has 0 spiro atoms. The Balaban J connectivity index is 2.35. The molecule has 0 atom stereocenters. The molecule has 1 aromatic carbocycles. The van der Waals surface area contributed by atoms with Gasteiger partial charge in [-0.15, -0.1) is 0 Å². The average molecular weight is 255 g/mol. The number of halogens is 3. The second-order valence-electron chi connectivity index (χ2n) is 4.32. The molecule has 1 aliphatic carbocycles. The van der Waals surface area contributed by atoms with E-state index in [9.17, 15) is 13.2 Å². The molecule has 1 saturated carbocycles. The summed E-state index contributed by atoms with van der Waals surface area (Å²) in [5.74, 6) is 0. The number of nitriles is 1. The summed E-state index contributed by atoms with van der Waals surface area (Å²) in [6.07, 6.45) is -2.82. The number of nitrogen functional groups attached to an aromatic ring is 1. The van der Waals surface area contributed by atoms with E-state index < -0.39 is 12.7 Å². The van der Waals surface area contributed by atoms with E-state index in [1.54, 1.807) is 6.07 Å². The Labute approximate surface area is 103 Å². The Morgan fingerprint density at radius 1 is 1.39 bits per heavy atom. The van der Waals surface area contributed by atoms with Gasteiger partial charge in [0.05, 0.1) is 16.9 Å². The summed E-state index contributed by atoms with van der Waals surface area (Å²) in [6.45, 7) is -1.03. The number of nitrogens with two attached hydrogens (primary N) is 1. The molecule has 0 aromatic heterocycles. The van der Waals surface area contributed by atoms with Gasteiger partial charge in [0.25, 0.3) is 0 Å². The summed E-state index contributed by atoms with van der Waals surface area (Å²) < 4.78 is 37.6. The van der Waals surface area contributed by atoms with E-state index in [1.807, 2.05) is 6.07 Å². The molecule has 0 amide bonds. The van der Waals surface area contributed by atoms with Crippen LogP contribution in [0.25, 0.3) is 0 Å². The minimum atomic E-state index is -4.28.